The summed E-state index contributed by atoms with van der Waals surface area (Å²) in [6.07, 6.45) is 5.96. The van der Waals surface area contributed by atoms with Gasteiger partial charge in [-0.15, -0.1) is 0 Å². The molecule has 29 heavy (non-hydrogen) atoms. The Morgan fingerprint density at radius 1 is 1.17 bits per heavy atom. The minimum absolute atomic E-state index is 0.00589. The quantitative estimate of drug-likeness (QED) is 0.835. The zero-order chi connectivity index (χ0) is 20.0. The summed E-state index contributed by atoms with van der Waals surface area (Å²) in [5.41, 5.74) is 7.47. The monoisotopic (exact) mass is 397 g/mol. The lowest BCUT2D eigenvalue weighted by atomic mass is 10.1. The molecule has 154 valence electrons. The Morgan fingerprint density at radius 3 is 2.66 bits per heavy atom. The fourth-order valence-electron chi connectivity index (χ4n) is 4.47. The van der Waals surface area contributed by atoms with Gasteiger partial charge in [0.25, 0.3) is 0 Å². The topological polar surface area (TPSA) is 67.5 Å². The molecule has 3 fully saturated rings. The number of benzene rings is 1. The third kappa shape index (κ3) is 3.75. The number of hydrogen-bond donors (Lipinski definition) is 1. The summed E-state index contributed by atoms with van der Waals surface area (Å²) in [6, 6.07) is 7.89. The molecule has 3 aliphatic rings. The first-order chi connectivity index (χ1) is 14.0. The number of ether oxygens (including phenoxy) is 1. The van der Waals surface area contributed by atoms with Crippen molar-refractivity contribution in [3.8, 4) is 5.75 Å². The zero-order valence-corrected chi connectivity index (χ0v) is 16.9. The Balaban J connectivity index is 1.25. The highest BCUT2D eigenvalue weighted by atomic mass is 19.1. The van der Waals surface area contributed by atoms with Crippen LogP contribution in [0.25, 0.3) is 0 Å². The van der Waals surface area contributed by atoms with E-state index in [4.69, 9.17) is 10.5 Å². The summed E-state index contributed by atoms with van der Waals surface area (Å²) in [5.74, 6) is 1.50. The van der Waals surface area contributed by atoms with E-state index in [0.717, 1.165) is 37.4 Å². The summed E-state index contributed by atoms with van der Waals surface area (Å²) in [6.45, 7) is 5.27. The summed E-state index contributed by atoms with van der Waals surface area (Å²) in [7, 11) is 0. The van der Waals surface area contributed by atoms with Crippen molar-refractivity contribution in [1.82, 2.24) is 9.97 Å². The zero-order valence-electron chi connectivity index (χ0n) is 16.9. The maximum Gasteiger partial charge on any atom is 0.227 e. The molecule has 0 amide bonds. The molecule has 2 aromatic rings. The van der Waals surface area contributed by atoms with E-state index in [1.807, 2.05) is 36.1 Å². The van der Waals surface area contributed by atoms with Crippen molar-refractivity contribution in [2.75, 3.05) is 36.0 Å². The molecule has 0 unspecified atom stereocenters. The van der Waals surface area contributed by atoms with Crippen LogP contribution in [0, 0.1) is 11.2 Å². The largest absolute Gasteiger partial charge is 0.489 e. The molecule has 1 aliphatic carbocycles. The molecule has 1 aromatic carbocycles. The fraction of sp³-hybridized carbons (Fsp3) is 0.545. The second-order valence-corrected chi connectivity index (χ2v) is 8.85. The lowest BCUT2D eigenvalue weighted by Gasteiger charge is -2.22. The Hall–Kier alpha value is -2.41. The van der Waals surface area contributed by atoms with Gasteiger partial charge in [0.1, 0.15) is 11.9 Å². The second kappa shape index (κ2) is 7.13. The van der Waals surface area contributed by atoms with Crippen LogP contribution in [0.3, 0.4) is 0 Å². The molecule has 5 rings (SSSR count). The molecule has 2 N–H and O–H groups in total. The third-order valence-corrected chi connectivity index (χ3v) is 6.54. The Morgan fingerprint density at radius 2 is 1.97 bits per heavy atom. The van der Waals surface area contributed by atoms with Crippen molar-refractivity contribution in [1.29, 1.82) is 0 Å². The van der Waals surface area contributed by atoms with Gasteiger partial charge in [-0.2, -0.15) is 4.98 Å². The molecule has 2 saturated heterocycles. The Labute approximate surface area is 170 Å². The van der Waals surface area contributed by atoms with Crippen molar-refractivity contribution in [2.45, 2.75) is 44.8 Å². The minimum Gasteiger partial charge on any atom is -0.489 e. The van der Waals surface area contributed by atoms with E-state index in [1.54, 1.807) is 0 Å². The average Bonchev–Trinajstić information content (AvgIpc) is 3.10. The van der Waals surface area contributed by atoms with Gasteiger partial charge >= 0.3 is 0 Å². The maximum atomic E-state index is 14.5. The van der Waals surface area contributed by atoms with Crippen LogP contribution in [0.2, 0.25) is 0 Å². The number of nitrogens with zero attached hydrogens (tertiary/aromatic N) is 4. The number of aromatic nitrogens is 2. The van der Waals surface area contributed by atoms with Crippen molar-refractivity contribution < 1.29 is 9.13 Å². The van der Waals surface area contributed by atoms with E-state index < -0.39 is 0 Å². The number of hydrogen-bond acceptors (Lipinski definition) is 6. The molecular weight excluding hydrogens is 369 g/mol. The summed E-state index contributed by atoms with van der Waals surface area (Å²) >= 11 is 0. The van der Waals surface area contributed by atoms with Gasteiger partial charge in [0, 0.05) is 32.1 Å². The second-order valence-electron chi connectivity index (χ2n) is 8.85. The van der Waals surface area contributed by atoms with Crippen LogP contribution < -0.4 is 20.3 Å². The first-order valence-electron chi connectivity index (χ1n) is 10.6. The smallest absolute Gasteiger partial charge is 0.227 e. The van der Waals surface area contributed by atoms with Crippen LogP contribution in [0.4, 0.5) is 16.2 Å². The van der Waals surface area contributed by atoms with Gasteiger partial charge < -0.3 is 20.3 Å². The van der Waals surface area contributed by atoms with Gasteiger partial charge in [0.2, 0.25) is 5.95 Å². The van der Waals surface area contributed by atoms with E-state index in [9.17, 15) is 4.39 Å². The molecule has 1 aromatic heterocycles. The van der Waals surface area contributed by atoms with Crippen molar-refractivity contribution in [3.05, 3.63) is 41.8 Å². The molecule has 6 nitrogen and oxygen atoms in total. The molecule has 0 radical (unpaired) electrons. The minimum atomic E-state index is -0.365. The highest BCUT2D eigenvalue weighted by molar-refractivity contribution is 5.47. The van der Waals surface area contributed by atoms with E-state index in [2.05, 4.69) is 14.9 Å². The number of rotatable bonds is 5. The van der Waals surface area contributed by atoms with Crippen LogP contribution in [0.15, 0.2) is 30.5 Å². The van der Waals surface area contributed by atoms with Gasteiger partial charge in [-0.1, -0.05) is 12.1 Å². The predicted octanol–water partition coefficient (Wildman–Crippen LogP) is 3.28. The van der Waals surface area contributed by atoms with Gasteiger partial charge in [0.05, 0.1) is 12.7 Å². The van der Waals surface area contributed by atoms with Crippen molar-refractivity contribution in [3.63, 3.8) is 0 Å². The van der Waals surface area contributed by atoms with E-state index in [0.29, 0.717) is 23.7 Å². The highest BCUT2D eigenvalue weighted by Crippen LogP contribution is 2.53. The number of nitrogens with two attached hydrogens (primary N) is 1. The first-order valence-corrected chi connectivity index (χ1v) is 10.6. The normalized spacial score (nSPS) is 23.6. The molecular formula is C22H28FN5O. The third-order valence-electron chi connectivity index (χ3n) is 6.54. The molecule has 2 atom stereocenters. The SMILES string of the molecule is C[C@H](N)c1ccc(O[C@@H]2CCN(c3nc(N4CCC5(CC5)C4)ncc3F)C2)cc1. The lowest BCUT2D eigenvalue weighted by Crippen LogP contribution is -2.28. The Bertz CT molecular complexity index is 883. The van der Waals surface area contributed by atoms with Gasteiger partial charge in [-0.25, -0.2) is 9.37 Å². The van der Waals surface area contributed by atoms with E-state index in [-0.39, 0.29) is 18.0 Å². The first kappa shape index (κ1) is 18.6. The van der Waals surface area contributed by atoms with E-state index in [1.165, 1.54) is 25.5 Å². The lowest BCUT2D eigenvalue weighted by molar-refractivity contribution is 0.225. The fourth-order valence-corrected chi connectivity index (χ4v) is 4.47. The maximum absolute atomic E-state index is 14.5. The number of halogens is 1. The molecule has 0 bridgehead atoms. The van der Waals surface area contributed by atoms with Crippen molar-refractivity contribution >= 4 is 11.8 Å². The summed E-state index contributed by atoms with van der Waals surface area (Å²) < 4.78 is 20.6. The van der Waals surface area contributed by atoms with Gasteiger partial charge in [-0.05, 0) is 49.3 Å². The summed E-state index contributed by atoms with van der Waals surface area (Å²) in [5, 5.41) is 0. The molecule has 2 aliphatic heterocycles. The van der Waals surface area contributed by atoms with Crippen LogP contribution in [-0.2, 0) is 0 Å². The standard InChI is InChI=1S/C22H28FN5O/c1-15(24)16-2-4-17(5-3-16)29-18-6-10-27(13-18)20-19(23)12-25-21(26-20)28-11-9-22(14-28)7-8-22/h2-5,12,15,18H,6-11,13-14,24H2,1H3/t15-,18+/m0/s1. The summed E-state index contributed by atoms with van der Waals surface area (Å²) in [4.78, 5) is 13.0. The average molecular weight is 397 g/mol. The van der Waals surface area contributed by atoms with Gasteiger partial charge in [-0.3, -0.25) is 0 Å². The van der Waals surface area contributed by atoms with Crippen LogP contribution in [0.1, 0.15) is 44.2 Å². The van der Waals surface area contributed by atoms with Crippen LogP contribution in [0.5, 0.6) is 5.75 Å². The molecule has 1 spiro atoms. The predicted molar refractivity (Wildman–Crippen MR) is 111 cm³/mol. The number of anilines is 2. The van der Waals surface area contributed by atoms with E-state index >= 15 is 0 Å². The highest BCUT2D eigenvalue weighted by Gasteiger charge is 2.48. The van der Waals surface area contributed by atoms with Gasteiger partial charge in [0.15, 0.2) is 11.6 Å². The Kier molecular flexibility index (Phi) is 4.57. The molecule has 1 saturated carbocycles. The van der Waals surface area contributed by atoms with Crippen molar-refractivity contribution in [2.24, 2.45) is 11.1 Å². The molecule has 3 heterocycles. The molecule has 7 heteroatoms. The van der Waals surface area contributed by atoms with Crippen LogP contribution in [-0.4, -0.2) is 42.3 Å². The van der Waals surface area contributed by atoms with Crippen LogP contribution >= 0.6 is 0 Å².